The molecule has 0 spiro atoms. The molecule has 3 rings (SSSR count). The van der Waals surface area contributed by atoms with Gasteiger partial charge in [-0.25, -0.2) is 18.6 Å². The van der Waals surface area contributed by atoms with Crippen molar-refractivity contribution >= 4 is 45.4 Å². The standard InChI is InChI=1S/C16H17N3O5S2/c20-15(17-18-16(21)22)14-8-12(25)9-19(14)26(23,24)13-6-5-10-3-1-2-4-11(10)7-13/h1-7,12,14,18,25H,8-9H2,(H,17,20)(H,21,22)/t12-,14+/m1/s1. The SMILES string of the molecule is O=C(O)NNC(=O)[C@@H]1C[C@@H](S)CN1S(=O)(=O)c1ccc2ccccc2c1. The number of thiol groups is 1. The second-order valence-corrected chi connectivity index (χ2v) is 8.53. The molecule has 2 atom stereocenters. The summed E-state index contributed by atoms with van der Waals surface area (Å²) in [4.78, 5) is 22.8. The van der Waals surface area contributed by atoms with Crippen molar-refractivity contribution in [3.63, 3.8) is 0 Å². The van der Waals surface area contributed by atoms with Crippen LogP contribution in [0.3, 0.4) is 0 Å². The van der Waals surface area contributed by atoms with Crippen molar-refractivity contribution in [1.29, 1.82) is 0 Å². The van der Waals surface area contributed by atoms with Crippen LogP contribution in [0.1, 0.15) is 6.42 Å². The van der Waals surface area contributed by atoms with Crippen LogP contribution >= 0.6 is 12.6 Å². The van der Waals surface area contributed by atoms with E-state index >= 15 is 0 Å². The van der Waals surface area contributed by atoms with Gasteiger partial charge < -0.3 is 5.11 Å². The summed E-state index contributed by atoms with van der Waals surface area (Å²) in [5.74, 6) is -0.742. The number of sulfonamides is 1. The summed E-state index contributed by atoms with van der Waals surface area (Å²) >= 11 is 4.29. The molecule has 10 heteroatoms. The first kappa shape index (κ1) is 18.5. The van der Waals surface area contributed by atoms with Crippen LogP contribution in [0.5, 0.6) is 0 Å². The normalized spacial score (nSPS) is 20.8. The van der Waals surface area contributed by atoms with E-state index in [9.17, 15) is 18.0 Å². The molecule has 1 fully saturated rings. The fourth-order valence-corrected chi connectivity index (χ4v) is 5.12. The Balaban J connectivity index is 1.92. The molecule has 1 aliphatic rings. The molecule has 2 aromatic rings. The van der Waals surface area contributed by atoms with Crippen LogP contribution in [-0.2, 0) is 14.8 Å². The van der Waals surface area contributed by atoms with Crippen LogP contribution in [0, 0.1) is 0 Å². The van der Waals surface area contributed by atoms with E-state index < -0.39 is 28.1 Å². The highest BCUT2D eigenvalue weighted by Crippen LogP contribution is 2.30. The topological polar surface area (TPSA) is 116 Å². The molecule has 138 valence electrons. The molecule has 0 saturated carbocycles. The minimum atomic E-state index is -3.95. The zero-order chi connectivity index (χ0) is 18.9. The molecule has 1 heterocycles. The molecule has 3 N–H and O–H groups in total. The molecular weight excluding hydrogens is 378 g/mol. The molecule has 2 aromatic carbocycles. The third kappa shape index (κ3) is 3.62. The zero-order valence-electron chi connectivity index (χ0n) is 13.5. The molecule has 0 aliphatic carbocycles. The van der Waals surface area contributed by atoms with Crippen molar-refractivity contribution in [1.82, 2.24) is 15.2 Å². The maximum Gasteiger partial charge on any atom is 0.423 e. The summed E-state index contributed by atoms with van der Waals surface area (Å²) < 4.78 is 27.2. The van der Waals surface area contributed by atoms with Gasteiger partial charge in [0.1, 0.15) is 6.04 Å². The van der Waals surface area contributed by atoms with Crippen molar-refractivity contribution in [2.75, 3.05) is 6.54 Å². The van der Waals surface area contributed by atoms with Gasteiger partial charge in [0.25, 0.3) is 5.91 Å². The van der Waals surface area contributed by atoms with E-state index in [2.05, 4.69) is 12.6 Å². The maximum absolute atomic E-state index is 13.1. The summed E-state index contributed by atoms with van der Waals surface area (Å²) in [6.07, 6.45) is -1.26. The quantitative estimate of drug-likeness (QED) is 0.460. The summed E-state index contributed by atoms with van der Waals surface area (Å²) in [7, 11) is -3.95. The first-order valence-electron chi connectivity index (χ1n) is 7.76. The van der Waals surface area contributed by atoms with E-state index in [1.807, 2.05) is 23.6 Å². The van der Waals surface area contributed by atoms with Gasteiger partial charge in [-0.1, -0.05) is 30.3 Å². The summed E-state index contributed by atoms with van der Waals surface area (Å²) in [5, 5.41) is 9.93. The van der Waals surface area contributed by atoms with Crippen LogP contribution in [-0.4, -0.2) is 47.7 Å². The van der Waals surface area contributed by atoms with Gasteiger partial charge in [-0.2, -0.15) is 16.9 Å². The third-order valence-electron chi connectivity index (χ3n) is 4.16. The van der Waals surface area contributed by atoms with E-state index in [4.69, 9.17) is 5.11 Å². The highest BCUT2D eigenvalue weighted by molar-refractivity contribution is 7.89. The molecule has 8 nitrogen and oxygen atoms in total. The average molecular weight is 395 g/mol. The first-order chi connectivity index (χ1) is 12.3. The minimum Gasteiger partial charge on any atom is -0.464 e. The fourth-order valence-electron chi connectivity index (χ4n) is 2.95. The van der Waals surface area contributed by atoms with Gasteiger partial charge in [0.05, 0.1) is 4.90 Å². The van der Waals surface area contributed by atoms with Crippen LogP contribution < -0.4 is 10.9 Å². The lowest BCUT2D eigenvalue weighted by Crippen LogP contribution is -2.51. The van der Waals surface area contributed by atoms with E-state index in [0.717, 1.165) is 15.1 Å². The third-order valence-corrected chi connectivity index (χ3v) is 6.40. The number of hydrogen-bond donors (Lipinski definition) is 4. The Morgan fingerprint density at radius 2 is 1.81 bits per heavy atom. The lowest BCUT2D eigenvalue weighted by Gasteiger charge is -2.23. The van der Waals surface area contributed by atoms with E-state index in [-0.39, 0.29) is 23.1 Å². The Kier molecular flexibility index (Phi) is 5.08. The molecule has 0 aromatic heterocycles. The highest BCUT2D eigenvalue weighted by Gasteiger charge is 2.43. The van der Waals surface area contributed by atoms with Gasteiger partial charge in [0.15, 0.2) is 0 Å². The number of fused-ring (bicyclic) bond motifs is 1. The van der Waals surface area contributed by atoms with Gasteiger partial charge in [-0.05, 0) is 29.3 Å². The highest BCUT2D eigenvalue weighted by atomic mass is 32.2. The number of carboxylic acid groups (broad SMARTS) is 1. The lowest BCUT2D eigenvalue weighted by molar-refractivity contribution is -0.125. The predicted octanol–water partition coefficient (Wildman–Crippen LogP) is 1.20. The van der Waals surface area contributed by atoms with Crippen molar-refractivity contribution in [2.45, 2.75) is 22.6 Å². The maximum atomic E-state index is 13.1. The molecule has 1 saturated heterocycles. The number of nitrogens with zero attached hydrogens (tertiary/aromatic N) is 1. The minimum absolute atomic E-state index is 0.0590. The second kappa shape index (κ2) is 7.14. The summed E-state index contributed by atoms with van der Waals surface area (Å²) in [6.45, 7) is 0.0590. The Morgan fingerprint density at radius 1 is 1.12 bits per heavy atom. The van der Waals surface area contributed by atoms with Gasteiger partial charge in [0.2, 0.25) is 10.0 Å². The van der Waals surface area contributed by atoms with E-state index in [0.29, 0.717) is 0 Å². The number of hydrazine groups is 1. The molecule has 26 heavy (non-hydrogen) atoms. The monoisotopic (exact) mass is 395 g/mol. The number of carbonyl (C=O) groups excluding carboxylic acids is 1. The van der Waals surface area contributed by atoms with Crippen molar-refractivity contribution in [2.24, 2.45) is 0 Å². The fraction of sp³-hybridized carbons (Fsp3) is 0.250. The van der Waals surface area contributed by atoms with Gasteiger partial charge in [-0.3, -0.25) is 10.2 Å². The smallest absolute Gasteiger partial charge is 0.423 e. The Labute approximate surface area is 155 Å². The molecule has 0 bridgehead atoms. The summed E-state index contributed by atoms with van der Waals surface area (Å²) in [5.41, 5.74) is 3.74. The number of benzene rings is 2. The van der Waals surface area contributed by atoms with E-state index in [1.165, 1.54) is 6.07 Å². The molecular formula is C16H17N3O5S2. The molecule has 1 aliphatic heterocycles. The summed E-state index contributed by atoms with van der Waals surface area (Å²) in [6, 6.07) is 11.1. The Bertz CT molecular complexity index is 963. The average Bonchev–Trinajstić information content (AvgIpc) is 3.02. The van der Waals surface area contributed by atoms with Gasteiger partial charge in [-0.15, -0.1) is 0 Å². The number of hydrogen-bond acceptors (Lipinski definition) is 5. The predicted molar refractivity (Wildman–Crippen MR) is 98.3 cm³/mol. The molecule has 2 amide bonds. The van der Waals surface area contributed by atoms with Crippen LogP contribution in [0.2, 0.25) is 0 Å². The number of rotatable bonds is 3. The van der Waals surface area contributed by atoms with Crippen LogP contribution in [0.4, 0.5) is 4.79 Å². The van der Waals surface area contributed by atoms with Crippen molar-refractivity contribution in [3.8, 4) is 0 Å². The van der Waals surface area contributed by atoms with Crippen molar-refractivity contribution < 1.29 is 23.1 Å². The number of nitrogens with one attached hydrogen (secondary N) is 2. The number of carbonyl (C=O) groups is 2. The van der Waals surface area contributed by atoms with Crippen LogP contribution in [0.15, 0.2) is 47.4 Å². The largest absolute Gasteiger partial charge is 0.464 e. The van der Waals surface area contributed by atoms with Gasteiger partial charge in [0, 0.05) is 11.8 Å². The first-order valence-corrected chi connectivity index (χ1v) is 9.72. The molecule has 0 unspecified atom stereocenters. The zero-order valence-corrected chi connectivity index (χ0v) is 15.2. The van der Waals surface area contributed by atoms with Crippen molar-refractivity contribution in [3.05, 3.63) is 42.5 Å². The Hall–Kier alpha value is -2.30. The van der Waals surface area contributed by atoms with Gasteiger partial charge >= 0.3 is 6.09 Å². The Morgan fingerprint density at radius 3 is 2.50 bits per heavy atom. The van der Waals surface area contributed by atoms with Crippen LogP contribution in [0.25, 0.3) is 10.8 Å². The molecule has 0 radical (unpaired) electrons. The number of amides is 2. The van der Waals surface area contributed by atoms with E-state index in [1.54, 1.807) is 23.6 Å². The lowest BCUT2D eigenvalue weighted by atomic mass is 10.1. The second-order valence-electron chi connectivity index (χ2n) is 5.91.